The SMILES string of the molecule is CCC(=O)N[C@H](Cc1ccc(NC(=O)[C@H](C2CCCCC2)N(C=O)c2ccnn2CC)c(F)c1)C(=O)N1CCC(C)(O)CC1. The van der Waals surface area contributed by atoms with Crippen LogP contribution in [0, 0.1) is 11.7 Å². The monoisotopic (exact) mass is 612 g/mol. The lowest BCUT2D eigenvalue weighted by atomic mass is 9.82. The number of piperidine rings is 1. The predicted octanol–water partition coefficient (Wildman–Crippen LogP) is 3.40. The number of likely N-dealkylation sites (tertiary alicyclic amines) is 1. The first kappa shape index (κ1) is 33.1. The Morgan fingerprint density at radius 3 is 2.48 bits per heavy atom. The zero-order valence-electron chi connectivity index (χ0n) is 25.9. The minimum Gasteiger partial charge on any atom is -0.390 e. The van der Waals surface area contributed by atoms with Crippen LogP contribution in [-0.4, -0.2) is 74.7 Å². The summed E-state index contributed by atoms with van der Waals surface area (Å²) in [7, 11) is 0. The minimum atomic E-state index is -0.898. The van der Waals surface area contributed by atoms with E-state index >= 15 is 4.39 Å². The number of nitrogens with zero attached hydrogens (tertiary/aromatic N) is 4. The summed E-state index contributed by atoms with van der Waals surface area (Å²) in [5.74, 6) is -1.33. The van der Waals surface area contributed by atoms with Crippen molar-refractivity contribution in [1.29, 1.82) is 0 Å². The fourth-order valence-electron chi connectivity index (χ4n) is 6.22. The van der Waals surface area contributed by atoms with Gasteiger partial charge in [0.25, 0.3) is 0 Å². The van der Waals surface area contributed by atoms with Crippen LogP contribution in [0.25, 0.3) is 0 Å². The maximum absolute atomic E-state index is 15.5. The first-order chi connectivity index (χ1) is 21.1. The average Bonchev–Trinajstić information content (AvgIpc) is 3.49. The molecule has 12 heteroatoms. The number of benzene rings is 1. The molecule has 1 saturated heterocycles. The van der Waals surface area contributed by atoms with E-state index in [0.717, 1.165) is 32.1 Å². The molecule has 3 N–H and O–H groups in total. The molecule has 0 bridgehead atoms. The molecule has 2 aliphatic rings. The number of nitrogens with one attached hydrogen (secondary N) is 2. The van der Waals surface area contributed by atoms with Gasteiger partial charge in [0.05, 0.1) is 17.5 Å². The van der Waals surface area contributed by atoms with E-state index in [1.807, 2.05) is 6.92 Å². The number of rotatable bonds is 12. The van der Waals surface area contributed by atoms with Crippen LogP contribution in [0.4, 0.5) is 15.9 Å². The third-order valence-electron chi connectivity index (χ3n) is 8.87. The van der Waals surface area contributed by atoms with Crippen LogP contribution >= 0.6 is 0 Å². The van der Waals surface area contributed by atoms with E-state index in [1.165, 1.54) is 17.0 Å². The van der Waals surface area contributed by atoms with Gasteiger partial charge in [-0.05, 0) is 63.1 Å². The van der Waals surface area contributed by atoms with Crippen molar-refractivity contribution in [2.24, 2.45) is 5.92 Å². The molecule has 2 aromatic rings. The number of aromatic nitrogens is 2. The highest BCUT2D eigenvalue weighted by molar-refractivity contribution is 6.00. The molecule has 0 radical (unpaired) electrons. The molecule has 11 nitrogen and oxygen atoms in total. The van der Waals surface area contributed by atoms with Crippen LogP contribution in [-0.2, 0) is 32.1 Å². The van der Waals surface area contributed by atoms with E-state index < -0.39 is 29.4 Å². The van der Waals surface area contributed by atoms with Gasteiger partial charge in [-0.3, -0.25) is 24.1 Å². The Kier molecular flexibility index (Phi) is 11.1. The molecule has 44 heavy (non-hydrogen) atoms. The molecule has 0 unspecified atom stereocenters. The molecule has 4 amide bonds. The summed E-state index contributed by atoms with van der Waals surface area (Å²) < 4.78 is 17.1. The summed E-state index contributed by atoms with van der Waals surface area (Å²) >= 11 is 0. The first-order valence-electron chi connectivity index (χ1n) is 15.7. The first-order valence-corrected chi connectivity index (χ1v) is 15.7. The van der Waals surface area contributed by atoms with E-state index in [0.29, 0.717) is 50.3 Å². The lowest BCUT2D eigenvalue weighted by Crippen LogP contribution is -2.53. The second kappa shape index (κ2) is 14.8. The summed E-state index contributed by atoms with van der Waals surface area (Å²) in [6, 6.07) is 4.28. The van der Waals surface area contributed by atoms with Gasteiger partial charge in [0.15, 0.2) is 0 Å². The zero-order valence-corrected chi connectivity index (χ0v) is 25.9. The van der Waals surface area contributed by atoms with Gasteiger partial charge < -0.3 is 20.6 Å². The number of hydrogen-bond donors (Lipinski definition) is 3. The summed E-state index contributed by atoms with van der Waals surface area (Å²) in [5, 5.41) is 20.0. The van der Waals surface area contributed by atoms with E-state index in [1.54, 1.807) is 41.8 Å². The molecule has 2 heterocycles. The second-order valence-corrected chi connectivity index (χ2v) is 12.2. The van der Waals surface area contributed by atoms with Gasteiger partial charge in [0, 0.05) is 38.5 Å². The van der Waals surface area contributed by atoms with Crippen molar-refractivity contribution >= 4 is 35.6 Å². The summed E-state index contributed by atoms with van der Waals surface area (Å²) in [4.78, 5) is 54.8. The molecule has 0 spiro atoms. The number of amides is 4. The van der Waals surface area contributed by atoms with Crippen molar-refractivity contribution in [3.63, 3.8) is 0 Å². The molecule has 1 aromatic carbocycles. The highest BCUT2D eigenvalue weighted by Gasteiger charge is 2.37. The molecular weight excluding hydrogens is 567 g/mol. The number of carbonyl (C=O) groups excluding carboxylic acids is 4. The summed E-state index contributed by atoms with van der Waals surface area (Å²) in [6.45, 7) is 6.57. The zero-order chi connectivity index (χ0) is 31.9. The Balaban J connectivity index is 1.52. The van der Waals surface area contributed by atoms with Crippen LogP contribution in [0.1, 0.15) is 77.7 Å². The van der Waals surface area contributed by atoms with Gasteiger partial charge in [-0.1, -0.05) is 32.3 Å². The standard InChI is InChI=1S/C32H45FN6O5/c1-4-27(41)35-26(31(43)37-17-14-32(3,44)15-18-37)20-22-11-12-25(24(33)19-22)36-30(42)29(23-9-7-6-8-10-23)38(21-40)28-13-16-34-39(28)5-2/h11-13,16,19,21,23,26,29,44H,4-10,14-15,17-18,20H2,1-3H3,(H,35,41)(H,36,42)/t26-,29+/m1/s1. The Bertz CT molecular complexity index is 1310. The molecule has 1 aliphatic heterocycles. The Morgan fingerprint density at radius 2 is 1.86 bits per heavy atom. The van der Waals surface area contributed by atoms with Gasteiger partial charge in [-0.25, -0.2) is 9.07 Å². The van der Waals surface area contributed by atoms with Crippen LogP contribution in [0.3, 0.4) is 0 Å². The van der Waals surface area contributed by atoms with E-state index in [4.69, 9.17) is 0 Å². The van der Waals surface area contributed by atoms with Crippen LogP contribution in [0.15, 0.2) is 30.5 Å². The van der Waals surface area contributed by atoms with Crippen molar-refractivity contribution < 1.29 is 28.7 Å². The predicted molar refractivity (Wildman–Crippen MR) is 164 cm³/mol. The average molecular weight is 613 g/mol. The number of aliphatic hydroxyl groups is 1. The van der Waals surface area contributed by atoms with Crippen LogP contribution in [0.5, 0.6) is 0 Å². The lowest BCUT2D eigenvalue weighted by Gasteiger charge is -2.37. The second-order valence-electron chi connectivity index (χ2n) is 12.2. The van der Waals surface area contributed by atoms with Crippen molar-refractivity contribution in [3.8, 4) is 0 Å². The van der Waals surface area contributed by atoms with Crippen LogP contribution in [0.2, 0.25) is 0 Å². The molecule has 1 aromatic heterocycles. The fraction of sp³-hybridized carbons (Fsp3) is 0.594. The van der Waals surface area contributed by atoms with E-state index in [2.05, 4.69) is 15.7 Å². The Hall–Kier alpha value is -3.80. The third-order valence-corrected chi connectivity index (χ3v) is 8.87. The lowest BCUT2D eigenvalue weighted by molar-refractivity contribution is -0.139. The molecular formula is C32H45FN6O5. The molecule has 4 rings (SSSR count). The van der Waals surface area contributed by atoms with Gasteiger partial charge in [0.1, 0.15) is 23.7 Å². The number of halogens is 1. The molecule has 2 atom stereocenters. The Morgan fingerprint density at radius 1 is 1.16 bits per heavy atom. The van der Waals surface area contributed by atoms with Gasteiger partial charge in [-0.2, -0.15) is 5.10 Å². The van der Waals surface area contributed by atoms with Crippen molar-refractivity contribution in [2.75, 3.05) is 23.3 Å². The highest BCUT2D eigenvalue weighted by atomic mass is 19.1. The largest absolute Gasteiger partial charge is 0.390 e. The molecule has 1 aliphatic carbocycles. The van der Waals surface area contributed by atoms with Crippen molar-refractivity contribution in [1.82, 2.24) is 20.0 Å². The van der Waals surface area contributed by atoms with Gasteiger partial charge in [0.2, 0.25) is 24.1 Å². The topological polar surface area (TPSA) is 137 Å². The van der Waals surface area contributed by atoms with Crippen LogP contribution < -0.4 is 15.5 Å². The maximum Gasteiger partial charge on any atom is 0.247 e. The van der Waals surface area contributed by atoms with E-state index in [-0.39, 0.29) is 36.3 Å². The number of hydrogen-bond acceptors (Lipinski definition) is 6. The number of carbonyl (C=O) groups is 4. The maximum atomic E-state index is 15.5. The number of aryl methyl sites for hydroxylation is 1. The van der Waals surface area contributed by atoms with Crippen molar-refractivity contribution in [3.05, 3.63) is 41.8 Å². The molecule has 2 fully saturated rings. The highest BCUT2D eigenvalue weighted by Crippen LogP contribution is 2.32. The quantitative estimate of drug-likeness (QED) is 0.315. The number of anilines is 2. The van der Waals surface area contributed by atoms with Gasteiger partial charge in [-0.15, -0.1) is 0 Å². The summed E-state index contributed by atoms with van der Waals surface area (Å²) in [5.41, 5.74) is -0.393. The molecule has 1 saturated carbocycles. The van der Waals surface area contributed by atoms with Crippen molar-refractivity contribution in [2.45, 2.75) is 103 Å². The minimum absolute atomic E-state index is 0.0341. The molecule has 240 valence electrons. The summed E-state index contributed by atoms with van der Waals surface area (Å²) in [6.07, 6.45) is 7.85. The van der Waals surface area contributed by atoms with Gasteiger partial charge >= 0.3 is 0 Å². The normalized spacial score (nSPS) is 18.2. The smallest absolute Gasteiger partial charge is 0.247 e. The fourth-order valence-corrected chi connectivity index (χ4v) is 6.22. The Labute approximate surface area is 258 Å². The third kappa shape index (κ3) is 8.02. The van der Waals surface area contributed by atoms with E-state index in [9.17, 15) is 24.3 Å².